The van der Waals surface area contributed by atoms with E-state index in [1.807, 2.05) is 12.2 Å². The lowest BCUT2D eigenvalue weighted by Gasteiger charge is -2.21. The van der Waals surface area contributed by atoms with Crippen molar-refractivity contribution in [2.75, 3.05) is 26.4 Å². The molecule has 17 heteroatoms. The Hall–Kier alpha value is -2.00. The summed E-state index contributed by atoms with van der Waals surface area (Å²) in [4.78, 5) is 52.8. The minimum Gasteiger partial charge on any atom is -0.462 e. The molecule has 0 bridgehead atoms. The number of aliphatic hydroxyl groups excluding tert-OH is 3. The highest BCUT2D eigenvalue weighted by atomic mass is 31.2. The summed E-state index contributed by atoms with van der Waals surface area (Å²) in [5.74, 6) is -1.33. The van der Waals surface area contributed by atoms with Crippen molar-refractivity contribution in [2.45, 2.75) is 192 Å². The number of unbranched alkanes of at least 4 members (excludes halogenated alkanes) is 14. The number of carbonyl (C=O) groups is 2. The second kappa shape index (κ2) is 39.6. The predicted octanol–water partition coefficient (Wildman–Crippen LogP) is 9.39. The van der Waals surface area contributed by atoms with E-state index in [2.05, 4.69) is 53.3 Å². The average molecular weight is 911 g/mol. The van der Waals surface area contributed by atoms with E-state index in [9.17, 15) is 38.9 Å². The molecule has 0 amide bonds. The molecule has 0 aromatic carbocycles. The first-order valence-corrected chi connectivity index (χ1v) is 25.5. The molecule has 0 aliphatic carbocycles. The van der Waals surface area contributed by atoms with Gasteiger partial charge in [0.2, 0.25) is 0 Å². The summed E-state index contributed by atoms with van der Waals surface area (Å²) in [6.45, 7) is 1.39. The zero-order chi connectivity index (χ0) is 45.5. The molecule has 0 fully saturated rings. The lowest BCUT2D eigenvalue weighted by Crippen LogP contribution is -2.30. The molecular formula is C44H80O15P2. The average Bonchev–Trinajstić information content (AvgIpc) is 3.21. The molecule has 0 saturated carbocycles. The molecule has 0 heterocycles. The molecule has 0 rings (SSSR count). The largest absolute Gasteiger partial charge is 0.472 e. The van der Waals surface area contributed by atoms with E-state index >= 15 is 0 Å². The highest BCUT2D eigenvalue weighted by Crippen LogP contribution is 2.43. The van der Waals surface area contributed by atoms with Gasteiger partial charge in [-0.25, -0.2) is 9.13 Å². The highest BCUT2D eigenvalue weighted by molar-refractivity contribution is 7.47. The van der Waals surface area contributed by atoms with Gasteiger partial charge in [-0.3, -0.25) is 23.2 Å². The van der Waals surface area contributed by atoms with Gasteiger partial charge in [-0.15, -0.1) is 0 Å². The Morgan fingerprint density at radius 1 is 0.525 bits per heavy atom. The zero-order valence-corrected chi connectivity index (χ0v) is 38.8. The van der Waals surface area contributed by atoms with Crippen molar-refractivity contribution in [1.82, 2.24) is 0 Å². The number of hydrogen-bond acceptors (Lipinski definition) is 12. The molecule has 356 valence electrons. The Labute approximate surface area is 365 Å². The molecule has 15 nitrogen and oxygen atoms in total. The summed E-state index contributed by atoms with van der Waals surface area (Å²) in [6.07, 6.45) is 32.7. The first-order chi connectivity index (χ1) is 29.2. The number of ether oxygens (including phenoxy) is 2. The number of phosphoric acid groups is 2. The third-order valence-corrected chi connectivity index (χ3v) is 10.8. The van der Waals surface area contributed by atoms with Crippen LogP contribution in [-0.4, -0.2) is 92.8 Å². The fourth-order valence-corrected chi connectivity index (χ4v) is 6.95. The van der Waals surface area contributed by atoms with Gasteiger partial charge in [-0.05, 0) is 77.0 Å². The number of allylic oxidation sites excluding steroid dienone is 7. The van der Waals surface area contributed by atoms with Gasteiger partial charge >= 0.3 is 27.6 Å². The molecule has 0 aliphatic heterocycles. The molecule has 0 aliphatic rings. The third kappa shape index (κ3) is 41.8. The van der Waals surface area contributed by atoms with Gasteiger partial charge in [-0.1, -0.05) is 127 Å². The third-order valence-electron chi connectivity index (χ3n) is 9.38. The smallest absolute Gasteiger partial charge is 0.462 e. The summed E-state index contributed by atoms with van der Waals surface area (Å²) in [5, 5.41) is 30.5. The first kappa shape index (κ1) is 59.0. The van der Waals surface area contributed by atoms with Gasteiger partial charge in [0.05, 0.1) is 32.0 Å². The number of phosphoric ester groups is 2. The van der Waals surface area contributed by atoms with Crippen LogP contribution in [0.3, 0.4) is 0 Å². The van der Waals surface area contributed by atoms with E-state index in [1.165, 1.54) is 57.8 Å². The first-order valence-electron chi connectivity index (χ1n) is 22.5. The van der Waals surface area contributed by atoms with Crippen LogP contribution in [0, 0.1) is 0 Å². The monoisotopic (exact) mass is 910 g/mol. The maximum atomic E-state index is 12.7. The van der Waals surface area contributed by atoms with Crippen LogP contribution in [-0.2, 0) is 41.8 Å². The van der Waals surface area contributed by atoms with Gasteiger partial charge in [-0.2, -0.15) is 0 Å². The van der Waals surface area contributed by atoms with Crippen LogP contribution in [0.5, 0.6) is 0 Å². The maximum absolute atomic E-state index is 12.7. The van der Waals surface area contributed by atoms with E-state index in [-0.39, 0.29) is 32.1 Å². The van der Waals surface area contributed by atoms with Crippen molar-refractivity contribution in [1.29, 1.82) is 0 Å². The summed E-state index contributed by atoms with van der Waals surface area (Å²) >= 11 is 0. The number of esters is 2. The van der Waals surface area contributed by atoms with Gasteiger partial charge in [0.25, 0.3) is 0 Å². The molecule has 0 spiro atoms. The molecule has 0 aromatic heterocycles. The van der Waals surface area contributed by atoms with Crippen molar-refractivity contribution in [3.05, 3.63) is 48.6 Å². The van der Waals surface area contributed by atoms with Crippen molar-refractivity contribution in [3.63, 3.8) is 0 Å². The van der Waals surface area contributed by atoms with Gasteiger partial charge in [0.1, 0.15) is 12.7 Å². The molecule has 6 N–H and O–H groups in total. The van der Waals surface area contributed by atoms with Crippen LogP contribution in [0.2, 0.25) is 0 Å². The van der Waals surface area contributed by atoms with Gasteiger partial charge in [0, 0.05) is 12.8 Å². The molecule has 61 heavy (non-hydrogen) atoms. The van der Waals surface area contributed by atoms with Gasteiger partial charge in [0.15, 0.2) is 6.10 Å². The lowest BCUT2D eigenvalue weighted by atomic mass is 10.0. The quantitative estimate of drug-likeness (QED) is 0.0145. The van der Waals surface area contributed by atoms with Crippen LogP contribution in [0.4, 0.5) is 0 Å². The Kier molecular flexibility index (Phi) is 38.3. The molecule has 3 unspecified atom stereocenters. The van der Waals surface area contributed by atoms with Crippen LogP contribution in [0.1, 0.15) is 168 Å². The lowest BCUT2D eigenvalue weighted by molar-refractivity contribution is -0.161. The Bertz CT molecular complexity index is 1300. The highest BCUT2D eigenvalue weighted by Gasteiger charge is 2.28. The normalized spacial score (nSPS) is 15.5. The van der Waals surface area contributed by atoms with Crippen LogP contribution < -0.4 is 0 Å². The summed E-state index contributed by atoms with van der Waals surface area (Å²) in [5.41, 5.74) is 0. The second-order valence-corrected chi connectivity index (χ2v) is 18.0. The Morgan fingerprint density at radius 3 is 1.62 bits per heavy atom. The van der Waals surface area contributed by atoms with Crippen molar-refractivity contribution < 1.29 is 71.8 Å². The number of rotatable bonds is 42. The number of hydrogen-bond donors (Lipinski definition) is 6. The van der Waals surface area contributed by atoms with E-state index in [1.54, 1.807) is 6.08 Å². The van der Waals surface area contributed by atoms with Crippen LogP contribution in [0.25, 0.3) is 0 Å². The molecule has 0 radical (unpaired) electrons. The van der Waals surface area contributed by atoms with Crippen molar-refractivity contribution in [3.8, 4) is 0 Å². The second-order valence-electron chi connectivity index (χ2n) is 15.3. The maximum Gasteiger partial charge on any atom is 0.472 e. The van der Waals surface area contributed by atoms with Crippen molar-refractivity contribution in [2.24, 2.45) is 0 Å². The number of carbonyl (C=O) groups excluding carboxylic acids is 2. The minimum atomic E-state index is -4.90. The molecule has 5 atom stereocenters. The predicted molar refractivity (Wildman–Crippen MR) is 237 cm³/mol. The fraction of sp³-hybridized carbons (Fsp3) is 0.773. The SMILES string of the molecule is CCCCC/C=C\C/C=C\C/C=C\CC(O)C(O)CCCC(=O)O[C@H](COC(=O)CCCCCCC/C=C\CCCCCCCC)COP(=O)(O)OC[C@@H](O)COP(=O)(O)O. The van der Waals surface area contributed by atoms with Gasteiger partial charge < -0.3 is 39.5 Å². The summed E-state index contributed by atoms with van der Waals surface area (Å²) < 4.78 is 47.6. The molecule has 0 saturated heterocycles. The number of aliphatic hydroxyl groups is 3. The zero-order valence-electron chi connectivity index (χ0n) is 37.0. The molecule has 0 aromatic rings. The fourth-order valence-electron chi connectivity index (χ4n) is 5.80. The summed E-state index contributed by atoms with van der Waals surface area (Å²) in [7, 11) is -9.79. The molecular weight excluding hydrogens is 830 g/mol. The Morgan fingerprint density at radius 2 is 1.00 bits per heavy atom. The van der Waals surface area contributed by atoms with Crippen LogP contribution >= 0.6 is 15.6 Å². The van der Waals surface area contributed by atoms with E-state index in [0.29, 0.717) is 12.8 Å². The minimum absolute atomic E-state index is 0.0917. The van der Waals surface area contributed by atoms with Crippen molar-refractivity contribution >= 4 is 27.6 Å². The van der Waals surface area contributed by atoms with E-state index in [4.69, 9.17) is 23.8 Å². The standard InChI is InChI=1S/C44H80O15P2/c1-3-5-7-9-11-13-15-17-18-19-21-23-25-27-29-33-43(48)55-37-40(38-58-61(53,54)57-36-39(45)35-56-60(50,51)52)59-44(49)34-30-32-42(47)41(46)31-28-26-24-22-20-16-14-12-10-8-6-4-2/h12,14,17-18,20,22,26,28,39-42,45-47H,3-11,13,15-16,19,21,23-25,27,29-38H2,1-2H3,(H,53,54)(H2,50,51,52)/b14-12-,18-17-,22-20-,28-26-/t39-,40+,41?,42?/m0/s1. The van der Waals surface area contributed by atoms with E-state index < -0.39 is 78.4 Å². The topological polar surface area (TPSA) is 236 Å². The Balaban J connectivity index is 4.76. The summed E-state index contributed by atoms with van der Waals surface area (Å²) in [6, 6.07) is 0. The van der Waals surface area contributed by atoms with E-state index in [0.717, 1.165) is 51.4 Å². The van der Waals surface area contributed by atoms with Crippen LogP contribution in [0.15, 0.2) is 48.6 Å².